The lowest BCUT2D eigenvalue weighted by Gasteiger charge is -2.40. The van der Waals surface area contributed by atoms with Crippen LogP contribution in [-0.4, -0.2) is 18.0 Å². The van der Waals surface area contributed by atoms with Gasteiger partial charge in [0.1, 0.15) is 0 Å². The van der Waals surface area contributed by atoms with E-state index >= 15 is 0 Å². The van der Waals surface area contributed by atoms with Gasteiger partial charge in [-0.25, -0.2) is 0 Å². The van der Waals surface area contributed by atoms with Gasteiger partial charge in [-0.15, -0.1) is 11.8 Å². The first-order valence-corrected chi connectivity index (χ1v) is 10.8. The Bertz CT molecular complexity index is 898. The molecule has 1 unspecified atom stereocenters. The second-order valence-electron chi connectivity index (χ2n) is 7.75. The van der Waals surface area contributed by atoms with Crippen LogP contribution in [0.4, 0.5) is 0 Å². The Morgan fingerprint density at radius 2 is 1.41 bits per heavy atom. The topological polar surface area (TPSA) is 3.24 Å². The molecule has 1 fully saturated rings. The van der Waals surface area contributed by atoms with E-state index in [4.69, 9.17) is 0 Å². The van der Waals surface area contributed by atoms with Crippen molar-refractivity contribution in [3.63, 3.8) is 0 Å². The predicted molar refractivity (Wildman–Crippen MR) is 115 cm³/mol. The Morgan fingerprint density at radius 1 is 0.778 bits per heavy atom. The van der Waals surface area contributed by atoms with E-state index in [2.05, 4.69) is 102 Å². The largest absolute Gasteiger partial charge is 0.299 e. The standard InChI is InChI=1S/C25H25NS/c1-3-9-20(10-4-1)19-26-17-15-25(16-18-26)23-14-8-7-13-22(23)24(27-25)21-11-5-2-6-12-21/h1-14,24H,15-19H2. The number of rotatable bonds is 3. The zero-order chi connectivity index (χ0) is 18.1. The smallest absolute Gasteiger partial charge is 0.0558 e. The fourth-order valence-electron chi connectivity index (χ4n) is 4.67. The highest BCUT2D eigenvalue weighted by Gasteiger charge is 2.46. The molecule has 27 heavy (non-hydrogen) atoms. The summed E-state index contributed by atoms with van der Waals surface area (Å²) >= 11 is 2.20. The van der Waals surface area contributed by atoms with Crippen molar-refractivity contribution in [2.45, 2.75) is 29.4 Å². The van der Waals surface area contributed by atoms with Gasteiger partial charge in [0.15, 0.2) is 0 Å². The quantitative estimate of drug-likeness (QED) is 0.554. The highest BCUT2D eigenvalue weighted by Crippen LogP contribution is 2.61. The summed E-state index contributed by atoms with van der Waals surface area (Å²) in [5.41, 5.74) is 5.99. The van der Waals surface area contributed by atoms with Crippen molar-refractivity contribution in [2.75, 3.05) is 13.1 Å². The summed E-state index contributed by atoms with van der Waals surface area (Å²) in [5.74, 6) is 0. The Labute approximate surface area is 166 Å². The van der Waals surface area contributed by atoms with E-state index in [1.807, 2.05) is 0 Å². The molecule has 0 saturated carbocycles. The Balaban J connectivity index is 1.38. The minimum Gasteiger partial charge on any atom is -0.299 e. The Morgan fingerprint density at radius 3 is 2.15 bits per heavy atom. The molecule has 0 bridgehead atoms. The number of piperidine rings is 1. The number of benzene rings is 3. The maximum absolute atomic E-state index is 2.62. The van der Waals surface area contributed by atoms with E-state index in [0.717, 1.165) is 6.54 Å². The zero-order valence-corrected chi connectivity index (χ0v) is 16.4. The van der Waals surface area contributed by atoms with Crippen molar-refractivity contribution >= 4 is 11.8 Å². The van der Waals surface area contributed by atoms with Crippen LogP contribution in [0.15, 0.2) is 84.9 Å². The van der Waals surface area contributed by atoms with Gasteiger partial charge in [0.05, 0.1) is 5.25 Å². The molecule has 0 aromatic heterocycles. The third-order valence-corrected chi connectivity index (χ3v) is 7.93. The van der Waals surface area contributed by atoms with Crippen LogP contribution in [0.3, 0.4) is 0 Å². The number of hydrogen-bond acceptors (Lipinski definition) is 2. The molecule has 3 aromatic carbocycles. The molecule has 136 valence electrons. The lowest BCUT2D eigenvalue weighted by atomic mass is 9.84. The van der Waals surface area contributed by atoms with E-state index in [9.17, 15) is 0 Å². The molecule has 0 radical (unpaired) electrons. The first kappa shape index (κ1) is 17.1. The van der Waals surface area contributed by atoms with Gasteiger partial charge in [-0.2, -0.15) is 0 Å². The third kappa shape index (κ3) is 3.22. The number of nitrogens with zero attached hydrogens (tertiary/aromatic N) is 1. The van der Waals surface area contributed by atoms with Crippen molar-refractivity contribution in [1.29, 1.82) is 0 Å². The minimum absolute atomic E-state index is 0.282. The molecular weight excluding hydrogens is 346 g/mol. The average Bonchev–Trinajstić information content (AvgIpc) is 3.06. The van der Waals surface area contributed by atoms with Crippen LogP contribution in [0.25, 0.3) is 0 Å². The van der Waals surface area contributed by atoms with Gasteiger partial charge in [0, 0.05) is 24.4 Å². The maximum Gasteiger partial charge on any atom is 0.0558 e. The van der Waals surface area contributed by atoms with E-state index < -0.39 is 0 Å². The molecule has 0 aliphatic carbocycles. The fraction of sp³-hybridized carbons (Fsp3) is 0.280. The molecule has 5 rings (SSSR count). The summed E-state index contributed by atoms with van der Waals surface area (Å²) in [5, 5.41) is 0.475. The number of fused-ring (bicyclic) bond motifs is 2. The SMILES string of the molecule is c1ccc(CN2CCC3(CC2)SC(c2ccccc2)c2ccccc23)cc1. The third-order valence-electron chi connectivity index (χ3n) is 6.09. The summed E-state index contributed by atoms with van der Waals surface area (Å²) < 4.78 is 0.282. The van der Waals surface area contributed by atoms with Gasteiger partial charge in [-0.1, -0.05) is 84.9 Å². The second-order valence-corrected chi connectivity index (χ2v) is 9.24. The van der Waals surface area contributed by atoms with Crippen molar-refractivity contribution in [2.24, 2.45) is 0 Å². The van der Waals surface area contributed by atoms with Crippen LogP contribution < -0.4 is 0 Å². The number of likely N-dealkylation sites (tertiary alicyclic amines) is 1. The van der Waals surface area contributed by atoms with Gasteiger partial charge in [-0.05, 0) is 35.1 Å². The van der Waals surface area contributed by atoms with E-state index in [0.29, 0.717) is 5.25 Å². The minimum atomic E-state index is 0.282. The average molecular weight is 372 g/mol. The molecule has 2 aliphatic rings. The highest BCUT2D eigenvalue weighted by molar-refractivity contribution is 8.01. The van der Waals surface area contributed by atoms with Gasteiger partial charge in [-0.3, -0.25) is 4.90 Å². The maximum atomic E-state index is 2.62. The van der Waals surface area contributed by atoms with Gasteiger partial charge >= 0.3 is 0 Å². The van der Waals surface area contributed by atoms with Gasteiger partial charge in [0.25, 0.3) is 0 Å². The van der Waals surface area contributed by atoms with Crippen LogP contribution in [0.2, 0.25) is 0 Å². The molecule has 2 heterocycles. The summed E-state index contributed by atoms with van der Waals surface area (Å²) in [7, 11) is 0. The normalized spacial score (nSPS) is 21.3. The number of hydrogen-bond donors (Lipinski definition) is 0. The molecule has 0 amide bonds. The summed E-state index contributed by atoms with van der Waals surface area (Å²) in [4.78, 5) is 2.62. The van der Waals surface area contributed by atoms with E-state index in [1.54, 1.807) is 5.56 Å². The van der Waals surface area contributed by atoms with Gasteiger partial charge in [0.2, 0.25) is 0 Å². The first-order valence-electron chi connectivity index (χ1n) is 9.93. The monoisotopic (exact) mass is 371 g/mol. The zero-order valence-electron chi connectivity index (χ0n) is 15.6. The predicted octanol–water partition coefficient (Wildman–Crippen LogP) is 6.01. The molecule has 3 aromatic rings. The second kappa shape index (κ2) is 7.18. The fourth-order valence-corrected chi connectivity index (χ4v) is 6.48. The molecule has 0 N–H and O–H groups in total. The van der Waals surface area contributed by atoms with Crippen molar-refractivity contribution in [1.82, 2.24) is 4.90 Å². The van der Waals surface area contributed by atoms with Crippen molar-refractivity contribution < 1.29 is 0 Å². The highest BCUT2D eigenvalue weighted by atomic mass is 32.2. The molecular formula is C25H25NS. The molecule has 2 heteroatoms. The Hall–Kier alpha value is -2.03. The van der Waals surface area contributed by atoms with E-state index in [-0.39, 0.29) is 4.75 Å². The van der Waals surface area contributed by atoms with E-state index in [1.165, 1.54) is 42.6 Å². The van der Waals surface area contributed by atoms with Crippen LogP contribution in [0, 0.1) is 0 Å². The van der Waals surface area contributed by atoms with Gasteiger partial charge < -0.3 is 0 Å². The summed E-state index contributed by atoms with van der Waals surface area (Å²) in [6, 6.07) is 31.1. The van der Waals surface area contributed by atoms with Crippen LogP contribution in [-0.2, 0) is 11.3 Å². The first-order chi connectivity index (χ1) is 13.3. The number of thioether (sulfide) groups is 1. The summed E-state index contributed by atoms with van der Waals surface area (Å²) in [6.45, 7) is 3.43. The lowest BCUT2D eigenvalue weighted by Crippen LogP contribution is -2.39. The Kier molecular flexibility index (Phi) is 4.55. The molecule has 1 atom stereocenters. The molecule has 1 saturated heterocycles. The molecule has 2 aliphatic heterocycles. The van der Waals surface area contributed by atoms with Crippen molar-refractivity contribution in [3.8, 4) is 0 Å². The van der Waals surface area contributed by atoms with Crippen molar-refractivity contribution in [3.05, 3.63) is 107 Å². The van der Waals surface area contributed by atoms with Crippen LogP contribution in [0.5, 0.6) is 0 Å². The van der Waals surface area contributed by atoms with Crippen LogP contribution in [0.1, 0.15) is 40.3 Å². The summed E-state index contributed by atoms with van der Waals surface area (Å²) in [6.07, 6.45) is 2.48. The lowest BCUT2D eigenvalue weighted by molar-refractivity contribution is 0.193. The molecule has 1 nitrogen and oxygen atoms in total. The van der Waals surface area contributed by atoms with Crippen LogP contribution >= 0.6 is 11.8 Å². The molecule has 1 spiro atoms.